The molecular weight excluding hydrogens is 242 g/mol. The third kappa shape index (κ3) is 4.36. The van der Waals surface area contributed by atoms with Crippen LogP contribution in [0.5, 0.6) is 0 Å². The lowest BCUT2D eigenvalue weighted by Gasteiger charge is -2.32. The van der Waals surface area contributed by atoms with Gasteiger partial charge < -0.3 is 15.1 Å². The van der Waals surface area contributed by atoms with Crippen LogP contribution >= 0.6 is 0 Å². The number of carbonyl (C=O) groups excluding carboxylic acids is 1. The molecule has 0 aromatic carbocycles. The Balaban J connectivity index is 2.90. The van der Waals surface area contributed by atoms with Crippen molar-refractivity contribution in [2.24, 2.45) is 5.73 Å². The Labute approximate surface area is 115 Å². The molecule has 0 aliphatic carbocycles. The van der Waals surface area contributed by atoms with Crippen LogP contribution in [0.1, 0.15) is 32.1 Å². The van der Waals surface area contributed by atoms with Crippen molar-refractivity contribution in [2.45, 2.75) is 32.4 Å². The molecule has 5 heteroatoms. The molecule has 0 aliphatic heterocycles. The van der Waals surface area contributed by atoms with Crippen molar-refractivity contribution in [3.8, 4) is 0 Å². The number of amides is 1. The smallest absolute Gasteiger partial charge is 0.236 e. The van der Waals surface area contributed by atoms with E-state index in [0.717, 1.165) is 18.7 Å². The molecule has 2 atom stereocenters. The van der Waals surface area contributed by atoms with Crippen LogP contribution in [0.15, 0.2) is 22.8 Å². The lowest BCUT2D eigenvalue weighted by Crippen LogP contribution is -2.44. The van der Waals surface area contributed by atoms with Crippen molar-refractivity contribution >= 4 is 5.91 Å². The quantitative estimate of drug-likeness (QED) is 0.812. The second kappa shape index (κ2) is 7.31. The van der Waals surface area contributed by atoms with E-state index < -0.39 is 0 Å². The highest BCUT2D eigenvalue weighted by molar-refractivity contribution is 5.77. The molecule has 0 aliphatic rings. The molecule has 0 radical (unpaired) electrons. The summed E-state index contributed by atoms with van der Waals surface area (Å²) < 4.78 is 5.48. The van der Waals surface area contributed by atoms with Crippen LogP contribution in [0, 0.1) is 0 Å². The molecule has 0 saturated carbocycles. The molecule has 0 saturated heterocycles. The molecule has 0 bridgehead atoms. The first-order valence-corrected chi connectivity index (χ1v) is 6.70. The van der Waals surface area contributed by atoms with Crippen LogP contribution in [-0.2, 0) is 4.79 Å². The van der Waals surface area contributed by atoms with Crippen LogP contribution in [0.4, 0.5) is 0 Å². The van der Waals surface area contributed by atoms with E-state index in [1.165, 1.54) is 0 Å². The van der Waals surface area contributed by atoms with Crippen molar-refractivity contribution < 1.29 is 9.21 Å². The van der Waals surface area contributed by atoms with Gasteiger partial charge in [0.05, 0.1) is 18.8 Å². The summed E-state index contributed by atoms with van der Waals surface area (Å²) in [7, 11) is 3.53. The SMILES string of the molecule is CCCN(CC(=O)N(C)C)C(c1ccco1)C(C)N. The Bertz CT molecular complexity index is 374. The molecule has 0 fully saturated rings. The minimum Gasteiger partial charge on any atom is -0.468 e. The first-order chi connectivity index (χ1) is 8.97. The molecule has 1 aromatic rings. The monoisotopic (exact) mass is 267 g/mol. The fourth-order valence-corrected chi connectivity index (χ4v) is 2.15. The average Bonchev–Trinajstić information content (AvgIpc) is 2.82. The van der Waals surface area contributed by atoms with Gasteiger partial charge in [0.15, 0.2) is 0 Å². The van der Waals surface area contributed by atoms with Crippen LogP contribution in [-0.4, -0.2) is 48.9 Å². The molecule has 1 aromatic heterocycles. The van der Waals surface area contributed by atoms with Crippen LogP contribution < -0.4 is 5.73 Å². The fraction of sp³-hybridized carbons (Fsp3) is 0.643. The lowest BCUT2D eigenvalue weighted by atomic mass is 10.1. The van der Waals surface area contributed by atoms with Gasteiger partial charge in [0.25, 0.3) is 0 Å². The van der Waals surface area contributed by atoms with Gasteiger partial charge >= 0.3 is 0 Å². The maximum Gasteiger partial charge on any atom is 0.236 e. The molecule has 108 valence electrons. The molecule has 2 N–H and O–H groups in total. The highest BCUT2D eigenvalue weighted by Crippen LogP contribution is 2.24. The molecule has 5 nitrogen and oxygen atoms in total. The molecule has 2 unspecified atom stereocenters. The van der Waals surface area contributed by atoms with E-state index in [9.17, 15) is 4.79 Å². The Morgan fingerprint density at radius 2 is 2.16 bits per heavy atom. The zero-order chi connectivity index (χ0) is 14.4. The van der Waals surface area contributed by atoms with E-state index in [2.05, 4.69) is 11.8 Å². The van der Waals surface area contributed by atoms with Gasteiger partial charge in [0.2, 0.25) is 5.91 Å². The highest BCUT2D eigenvalue weighted by atomic mass is 16.3. The number of hydrogen-bond donors (Lipinski definition) is 1. The number of likely N-dealkylation sites (N-methyl/N-ethyl adjacent to an activating group) is 1. The summed E-state index contributed by atoms with van der Waals surface area (Å²) in [5, 5.41) is 0. The largest absolute Gasteiger partial charge is 0.468 e. The van der Waals surface area contributed by atoms with Crippen molar-refractivity contribution in [2.75, 3.05) is 27.2 Å². The molecule has 1 rings (SSSR count). The third-order valence-electron chi connectivity index (χ3n) is 3.07. The van der Waals surface area contributed by atoms with E-state index >= 15 is 0 Å². The van der Waals surface area contributed by atoms with Gasteiger partial charge in [-0.15, -0.1) is 0 Å². The Morgan fingerprint density at radius 3 is 2.58 bits per heavy atom. The molecule has 0 spiro atoms. The van der Waals surface area contributed by atoms with Gasteiger partial charge in [-0.2, -0.15) is 0 Å². The number of nitrogens with zero attached hydrogens (tertiary/aromatic N) is 2. The second-order valence-corrected chi connectivity index (χ2v) is 5.08. The number of hydrogen-bond acceptors (Lipinski definition) is 4. The van der Waals surface area contributed by atoms with Gasteiger partial charge in [-0.3, -0.25) is 9.69 Å². The van der Waals surface area contributed by atoms with Crippen molar-refractivity contribution in [3.05, 3.63) is 24.2 Å². The van der Waals surface area contributed by atoms with Gasteiger partial charge in [0.1, 0.15) is 5.76 Å². The minimum absolute atomic E-state index is 0.0705. The van der Waals surface area contributed by atoms with E-state index in [1.807, 2.05) is 19.1 Å². The standard InChI is InChI=1S/C14H25N3O2/c1-5-8-17(10-13(18)16(3)4)14(11(2)15)12-7-6-9-19-12/h6-7,9,11,14H,5,8,10,15H2,1-4H3. The number of furan rings is 1. The van der Waals surface area contributed by atoms with Crippen molar-refractivity contribution in [1.82, 2.24) is 9.80 Å². The van der Waals surface area contributed by atoms with Crippen molar-refractivity contribution in [1.29, 1.82) is 0 Å². The van der Waals surface area contributed by atoms with E-state index in [-0.39, 0.29) is 18.0 Å². The minimum atomic E-state index is -0.104. The summed E-state index contributed by atoms with van der Waals surface area (Å²) in [5.74, 6) is 0.890. The summed E-state index contributed by atoms with van der Waals surface area (Å²) in [5.41, 5.74) is 6.08. The normalized spacial score (nSPS) is 14.4. The zero-order valence-corrected chi connectivity index (χ0v) is 12.3. The zero-order valence-electron chi connectivity index (χ0n) is 12.3. The topological polar surface area (TPSA) is 62.7 Å². The molecule has 19 heavy (non-hydrogen) atoms. The van der Waals surface area contributed by atoms with E-state index in [1.54, 1.807) is 25.3 Å². The highest BCUT2D eigenvalue weighted by Gasteiger charge is 2.27. The van der Waals surface area contributed by atoms with Crippen molar-refractivity contribution in [3.63, 3.8) is 0 Å². The Morgan fingerprint density at radius 1 is 1.47 bits per heavy atom. The molecule has 1 heterocycles. The van der Waals surface area contributed by atoms with E-state index in [0.29, 0.717) is 6.54 Å². The molecule has 1 amide bonds. The first kappa shape index (κ1) is 15.7. The Hall–Kier alpha value is -1.33. The predicted molar refractivity (Wildman–Crippen MR) is 75.7 cm³/mol. The number of carbonyl (C=O) groups is 1. The van der Waals surface area contributed by atoms with E-state index in [4.69, 9.17) is 10.2 Å². The molecular formula is C14H25N3O2. The van der Waals surface area contributed by atoms with Gasteiger partial charge in [-0.25, -0.2) is 0 Å². The summed E-state index contributed by atoms with van der Waals surface area (Å²) in [4.78, 5) is 15.6. The predicted octanol–water partition coefficient (Wildman–Crippen LogP) is 1.47. The van der Waals surface area contributed by atoms with Crippen LogP contribution in [0.3, 0.4) is 0 Å². The van der Waals surface area contributed by atoms with Crippen LogP contribution in [0.25, 0.3) is 0 Å². The van der Waals surface area contributed by atoms with Crippen LogP contribution in [0.2, 0.25) is 0 Å². The van der Waals surface area contributed by atoms with Gasteiger partial charge in [-0.1, -0.05) is 6.92 Å². The lowest BCUT2D eigenvalue weighted by molar-refractivity contribution is -0.130. The summed E-state index contributed by atoms with van der Waals surface area (Å²) in [6.07, 6.45) is 2.60. The summed E-state index contributed by atoms with van der Waals surface area (Å²) >= 11 is 0. The fourth-order valence-electron chi connectivity index (χ4n) is 2.15. The first-order valence-electron chi connectivity index (χ1n) is 6.70. The maximum absolute atomic E-state index is 11.9. The Kier molecular flexibility index (Phi) is 6.05. The third-order valence-corrected chi connectivity index (χ3v) is 3.07. The second-order valence-electron chi connectivity index (χ2n) is 5.08. The summed E-state index contributed by atoms with van der Waals surface area (Å²) in [6.45, 7) is 5.20. The average molecular weight is 267 g/mol. The van der Waals surface area contributed by atoms with Gasteiger partial charge in [-0.05, 0) is 32.0 Å². The number of rotatable bonds is 7. The van der Waals surface area contributed by atoms with Gasteiger partial charge in [0, 0.05) is 20.1 Å². The maximum atomic E-state index is 11.9. The summed E-state index contributed by atoms with van der Waals surface area (Å²) in [6, 6.07) is 3.59. The number of nitrogens with two attached hydrogens (primary N) is 1.